The van der Waals surface area contributed by atoms with Gasteiger partial charge in [-0.3, -0.25) is 0 Å². The number of benzene rings is 1. The monoisotopic (exact) mass is 219 g/mol. The Kier molecular flexibility index (Phi) is 3.10. The lowest BCUT2D eigenvalue weighted by atomic mass is 10.1. The van der Waals surface area contributed by atoms with E-state index in [1.165, 1.54) is 12.1 Å². The average molecular weight is 219 g/mol. The predicted molar refractivity (Wildman–Crippen MR) is 61.9 cm³/mol. The highest BCUT2D eigenvalue weighted by Gasteiger charge is 2.06. The Morgan fingerprint density at radius 3 is 2.88 bits per heavy atom. The number of nitrogens with zero attached hydrogens (tertiary/aromatic N) is 2. The zero-order valence-corrected chi connectivity index (χ0v) is 9.42. The van der Waals surface area contributed by atoms with E-state index in [2.05, 4.69) is 15.3 Å². The molecule has 2 aromatic rings. The van der Waals surface area contributed by atoms with E-state index in [9.17, 15) is 4.39 Å². The fraction of sp³-hybridized carbons (Fsp3) is 0.333. The Hall–Kier alpha value is -1.55. The van der Waals surface area contributed by atoms with Crippen molar-refractivity contribution in [2.45, 2.75) is 13.3 Å². The third kappa shape index (κ3) is 2.17. The van der Waals surface area contributed by atoms with E-state index in [0.717, 1.165) is 35.4 Å². The van der Waals surface area contributed by atoms with Crippen LogP contribution in [0.2, 0.25) is 0 Å². The molecule has 0 aliphatic rings. The van der Waals surface area contributed by atoms with E-state index in [1.807, 2.05) is 14.0 Å². The van der Waals surface area contributed by atoms with Crippen molar-refractivity contribution in [1.29, 1.82) is 0 Å². The van der Waals surface area contributed by atoms with Gasteiger partial charge >= 0.3 is 0 Å². The van der Waals surface area contributed by atoms with Crippen molar-refractivity contribution in [2.24, 2.45) is 0 Å². The molecule has 0 spiro atoms. The first-order chi connectivity index (χ1) is 7.70. The number of halogens is 1. The first-order valence-electron chi connectivity index (χ1n) is 5.28. The summed E-state index contributed by atoms with van der Waals surface area (Å²) in [6.45, 7) is 2.67. The minimum atomic E-state index is -0.245. The maximum atomic E-state index is 13.2. The predicted octanol–water partition coefficient (Wildman–Crippen LogP) is 1.84. The number of hydrogen-bond acceptors (Lipinski definition) is 3. The molecular weight excluding hydrogens is 205 g/mol. The van der Waals surface area contributed by atoms with Gasteiger partial charge in [-0.05, 0) is 32.2 Å². The smallest absolute Gasteiger partial charge is 0.126 e. The van der Waals surface area contributed by atoms with Gasteiger partial charge in [0, 0.05) is 18.4 Å². The van der Waals surface area contributed by atoms with Crippen molar-refractivity contribution in [3.63, 3.8) is 0 Å². The fourth-order valence-corrected chi connectivity index (χ4v) is 1.73. The summed E-state index contributed by atoms with van der Waals surface area (Å²) in [6, 6.07) is 4.62. The number of likely N-dealkylation sites (N-methyl/N-ethyl adjacent to an activating group) is 1. The van der Waals surface area contributed by atoms with Gasteiger partial charge in [-0.2, -0.15) is 0 Å². The van der Waals surface area contributed by atoms with E-state index in [1.54, 1.807) is 6.07 Å². The second kappa shape index (κ2) is 4.53. The molecule has 0 aliphatic carbocycles. The van der Waals surface area contributed by atoms with Crippen LogP contribution in [0.3, 0.4) is 0 Å². The van der Waals surface area contributed by atoms with Crippen molar-refractivity contribution in [3.05, 3.63) is 35.5 Å². The topological polar surface area (TPSA) is 37.8 Å². The molecule has 0 aliphatic heterocycles. The van der Waals surface area contributed by atoms with Crippen LogP contribution in [-0.2, 0) is 6.42 Å². The van der Waals surface area contributed by atoms with E-state index in [4.69, 9.17) is 0 Å². The van der Waals surface area contributed by atoms with Gasteiger partial charge in [0.1, 0.15) is 11.6 Å². The highest BCUT2D eigenvalue weighted by atomic mass is 19.1. The summed E-state index contributed by atoms with van der Waals surface area (Å²) in [5, 5.41) is 3.87. The standard InChI is InChI=1S/C12H14FN3/c1-8-15-11-4-3-9(13)7-10(11)12(16-8)5-6-14-2/h3-4,7,14H,5-6H2,1-2H3. The molecule has 3 nitrogen and oxygen atoms in total. The maximum absolute atomic E-state index is 13.2. The first kappa shape index (κ1) is 11.0. The molecule has 4 heteroatoms. The highest BCUT2D eigenvalue weighted by molar-refractivity contribution is 5.80. The lowest BCUT2D eigenvalue weighted by Crippen LogP contribution is -2.12. The van der Waals surface area contributed by atoms with Gasteiger partial charge in [-0.1, -0.05) is 0 Å². The van der Waals surface area contributed by atoms with Crippen LogP contribution >= 0.6 is 0 Å². The molecule has 0 amide bonds. The quantitative estimate of drug-likeness (QED) is 0.856. The van der Waals surface area contributed by atoms with Crippen LogP contribution in [0, 0.1) is 12.7 Å². The van der Waals surface area contributed by atoms with Crippen LogP contribution in [-0.4, -0.2) is 23.6 Å². The van der Waals surface area contributed by atoms with Gasteiger partial charge < -0.3 is 5.32 Å². The highest BCUT2D eigenvalue weighted by Crippen LogP contribution is 2.17. The number of nitrogens with one attached hydrogen (secondary N) is 1. The van der Waals surface area contributed by atoms with Crippen molar-refractivity contribution in [3.8, 4) is 0 Å². The molecule has 0 radical (unpaired) electrons. The molecule has 0 unspecified atom stereocenters. The zero-order valence-electron chi connectivity index (χ0n) is 9.42. The Morgan fingerprint density at radius 2 is 2.12 bits per heavy atom. The van der Waals surface area contributed by atoms with E-state index < -0.39 is 0 Å². The molecule has 0 bridgehead atoms. The SMILES string of the molecule is CNCCc1nc(C)nc2ccc(F)cc12. The molecule has 1 aromatic heterocycles. The normalized spacial score (nSPS) is 10.9. The molecule has 84 valence electrons. The maximum Gasteiger partial charge on any atom is 0.126 e. The molecule has 0 saturated heterocycles. The van der Waals surface area contributed by atoms with Crippen molar-refractivity contribution in [1.82, 2.24) is 15.3 Å². The van der Waals surface area contributed by atoms with E-state index in [-0.39, 0.29) is 5.82 Å². The first-order valence-corrected chi connectivity index (χ1v) is 5.28. The van der Waals surface area contributed by atoms with Crippen molar-refractivity contribution in [2.75, 3.05) is 13.6 Å². The summed E-state index contributed by atoms with van der Waals surface area (Å²) in [7, 11) is 1.89. The number of aryl methyl sites for hydroxylation is 1. The number of hydrogen-bond donors (Lipinski definition) is 1. The zero-order chi connectivity index (χ0) is 11.5. The minimum absolute atomic E-state index is 0.245. The Balaban J connectivity index is 2.55. The van der Waals surface area contributed by atoms with Crippen molar-refractivity contribution < 1.29 is 4.39 Å². The number of fused-ring (bicyclic) bond motifs is 1. The van der Waals surface area contributed by atoms with Gasteiger partial charge in [0.15, 0.2) is 0 Å². The number of aromatic nitrogens is 2. The van der Waals surface area contributed by atoms with Gasteiger partial charge in [-0.25, -0.2) is 14.4 Å². The second-order valence-corrected chi connectivity index (χ2v) is 3.73. The van der Waals surface area contributed by atoms with Crippen LogP contribution in [0.15, 0.2) is 18.2 Å². The fourth-order valence-electron chi connectivity index (χ4n) is 1.73. The summed E-state index contributed by atoms with van der Waals surface area (Å²) in [5.41, 5.74) is 1.70. The summed E-state index contributed by atoms with van der Waals surface area (Å²) in [4.78, 5) is 8.65. The summed E-state index contributed by atoms with van der Waals surface area (Å²) in [6.07, 6.45) is 0.778. The third-order valence-corrected chi connectivity index (χ3v) is 2.46. The lowest BCUT2D eigenvalue weighted by molar-refractivity contribution is 0.629. The second-order valence-electron chi connectivity index (χ2n) is 3.73. The van der Waals surface area contributed by atoms with Crippen molar-refractivity contribution >= 4 is 10.9 Å². The van der Waals surface area contributed by atoms with E-state index in [0.29, 0.717) is 0 Å². The minimum Gasteiger partial charge on any atom is -0.319 e. The molecule has 1 N–H and O–H groups in total. The van der Waals surface area contributed by atoms with Crippen LogP contribution in [0.1, 0.15) is 11.5 Å². The summed E-state index contributed by atoms with van der Waals surface area (Å²) in [5.74, 6) is 0.482. The molecule has 0 atom stereocenters. The Labute approximate surface area is 93.7 Å². The molecule has 0 fully saturated rings. The van der Waals surface area contributed by atoms with Gasteiger partial charge in [0.2, 0.25) is 0 Å². The van der Waals surface area contributed by atoms with Gasteiger partial charge in [0.25, 0.3) is 0 Å². The van der Waals surface area contributed by atoms with E-state index >= 15 is 0 Å². The van der Waals surface area contributed by atoms with Gasteiger partial charge in [0.05, 0.1) is 11.2 Å². The summed E-state index contributed by atoms with van der Waals surface area (Å²) < 4.78 is 13.2. The molecular formula is C12H14FN3. The number of rotatable bonds is 3. The van der Waals surface area contributed by atoms with Crippen LogP contribution in [0.25, 0.3) is 10.9 Å². The Bertz CT molecular complexity index is 511. The third-order valence-electron chi connectivity index (χ3n) is 2.46. The molecule has 0 saturated carbocycles. The van der Waals surface area contributed by atoms with Crippen LogP contribution in [0.4, 0.5) is 4.39 Å². The van der Waals surface area contributed by atoms with Gasteiger partial charge in [-0.15, -0.1) is 0 Å². The molecule has 2 rings (SSSR count). The van der Waals surface area contributed by atoms with Crippen LogP contribution in [0.5, 0.6) is 0 Å². The Morgan fingerprint density at radius 1 is 1.31 bits per heavy atom. The van der Waals surface area contributed by atoms with Crippen LogP contribution < -0.4 is 5.32 Å². The molecule has 1 aromatic carbocycles. The lowest BCUT2D eigenvalue weighted by Gasteiger charge is -2.06. The summed E-state index contributed by atoms with van der Waals surface area (Å²) >= 11 is 0. The molecule has 16 heavy (non-hydrogen) atoms. The molecule has 1 heterocycles. The largest absolute Gasteiger partial charge is 0.319 e. The average Bonchev–Trinajstić information content (AvgIpc) is 2.26.